The summed E-state index contributed by atoms with van der Waals surface area (Å²) in [6.45, 7) is 6.30. The second-order valence-corrected chi connectivity index (χ2v) is 16.2. The minimum atomic E-state index is -0.795. The summed E-state index contributed by atoms with van der Waals surface area (Å²) in [7, 11) is 0. The molecule has 57 heavy (non-hydrogen) atoms. The molecular weight excluding hydrogens is 707 g/mol. The lowest BCUT2D eigenvalue weighted by atomic mass is 10.0. The summed E-state index contributed by atoms with van der Waals surface area (Å²) in [5.74, 6) is -0.513. The van der Waals surface area contributed by atoms with Crippen LogP contribution in [-0.4, -0.2) is 46.9 Å². The highest BCUT2D eigenvalue weighted by Gasteiger charge is 2.24. The number of hydrogen-bond acceptors (Lipinski definition) is 5. The first-order valence-electron chi connectivity index (χ1n) is 24.0. The molecule has 0 bridgehead atoms. The summed E-state index contributed by atoms with van der Waals surface area (Å²) in [6, 6.07) is -0.710. The zero-order valence-electron chi connectivity index (χ0n) is 37.5. The number of carbonyl (C=O) groups excluding carboxylic acids is 2. The van der Waals surface area contributed by atoms with Gasteiger partial charge in [0, 0.05) is 6.42 Å². The van der Waals surface area contributed by atoms with E-state index in [2.05, 4.69) is 86.8 Å². The smallest absolute Gasteiger partial charge is 0.306 e. The number of rotatable bonds is 42. The van der Waals surface area contributed by atoms with Crippen LogP contribution in [0.15, 0.2) is 60.8 Å². The third kappa shape index (κ3) is 40.1. The van der Waals surface area contributed by atoms with Gasteiger partial charge in [0.05, 0.1) is 25.2 Å². The lowest BCUT2D eigenvalue weighted by Crippen LogP contribution is -2.46. The highest BCUT2D eigenvalue weighted by Crippen LogP contribution is 2.17. The molecule has 0 spiro atoms. The Hall–Kier alpha value is -2.44. The van der Waals surface area contributed by atoms with E-state index in [-0.39, 0.29) is 24.9 Å². The van der Waals surface area contributed by atoms with Crippen LogP contribution in [0.4, 0.5) is 0 Å². The molecule has 0 aliphatic carbocycles. The number of amides is 1. The van der Waals surface area contributed by atoms with Gasteiger partial charge in [0.2, 0.25) is 5.91 Å². The Bertz CT molecular complexity index is 1030. The SMILES string of the molecule is CC/C=C/C=C/C=C\CCCCCCCC(=O)OC(CCCCCCC/C=C\C/C=C\CCCCC)CC(=O)NC(CO)C(O)CCCCCCCCCCCC. The van der Waals surface area contributed by atoms with Crippen molar-refractivity contribution in [2.75, 3.05) is 6.61 Å². The van der Waals surface area contributed by atoms with E-state index < -0.39 is 18.2 Å². The van der Waals surface area contributed by atoms with Crippen LogP contribution in [0.3, 0.4) is 0 Å². The van der Waals surface area contributed by atoms with Crippen LogP contribution in [0.2, 0.25) is 0 Å². The van der Waals surface area contributed by atoms with Crippen molar-refractivity contribution >= 4 is 11.9 Å². The van der Waals surface area contributed by atoms with Crippen molar-refractivity contribution in [1.82, 2.24) is 5.32 Å². The highest BCUT2D eigenvalue weighted by atomic mass is 16.5. The Labute approximate surface area is 352 Å². The van der Waals surface area contributed by atoms with E-state index in [1.807, 2.05) is 0 Å². The fourth-order valence-electron chi connectivity index (χ4n) is 6.99. The molecule has 3 unspecified atom stereocenters. The molecule has 3 atom stereocenters. The van der Waals surface area contributed by atoms with Crippen LogP contribution >= 0.6 is 0 Å². The maximum Gasteiger partial charge on any atom is 0.306 e. The predicted octanol–water partition coefficient (Wildman–Crippen LogP) is 14.1. The van der Waals surface area contributed by atoms with Crippen molar-refractivity contribution in [2.45, 2.75) is 244 Å². The number of aliphatic hydroxyl groups excluding tert-OH is 2. The van der Waals surface area contributed by atoms with Crippen LogP contribution in [0.25, 0.3) is 0 Å². The van der Waals surface area contributed by atoms with Crippen molar-refractivity contribution in [1.29, 1.82) is 0 Å². The fraction of sp³-hybridized carbons (Fsp3) is 0.765. The second-order valence-electron chi connectivity index (χ2n) is 16.2. The Balaban J connectivity index is 4.67. The number of allylic oxidation sites excluding steroid dienone is 10. The lowest BCUT2D eigenvalue weighted by molar-refractivity contribution is -0.151. The van der Waals surface area contributed by atoms with Gasteiger partial charge in [-0.2, -0.15) is 0 Å². The van der Waals surface area contributed by atoms with Crippen LogP contribution in [0.5, 0.6) is 0 Å². The van der Waals surface area contributed by atoms with Gasteiger partial charge in [-0.05, 0) is 77.0 Å². The van der Waals surface area contributed by atoms with Gasteiger partial charge in [-0.15, -0.1) is 0 Å². The lowest BCUT2D eigenvalue weighted by Gasteiger charge is -2.24. The second kappa shape index (κ2) is 44.7. The van der Waals surface area contributed by atoms with Gasteiger partial charge in [0.1, 0.15) is 6.10 Å². The van der Waals surface area contributed by atoms with Gasteiger partial charge in [-0.25, -0.2) is 0 Å². The molecule has 6 nitrogen and oxygen atoms in total. The number of carbonyl (C=O) groups is 2. The number of esters is 1. The molecule has 0 aromatic rings. The van der Waals surface area contributed by atoms with Crippen molar-refractivity contribution < 1.29 is 24.5 Å². The minimum absolute atomic E-state index is 0.0582. The summed E-state index contributed by atoms with van der Waals surface area (Å²) in [6.07, 6.45) is 54.2. The van der Waals surface area contributed by atoms with E-state index in [0.29, 0.717) is 19.3 Å². The molecule has 0 aromatic heterocycles. The van der Waals surface area contributed by atoms with E-state index in [4.69, 9.17) is 4.74 Å². The average Bonchev–Trinajstić information content (AvgIpc) is 3.20. The van der Waals surface area contributed by atoms with E-state index >= 15 is 0 Å². The zero-order chi connectivity index (χ0) is 41.7. The summed E-state index contributed by atoms with van der Waals surface area (Å²) >= 11 is 0. The Morgan fingerprint density at radius 3 is 1.60 bits per heavy atom. The summed E-state index contributed by atoms with van der Waals surface area (Å²) in [5.41, 5.74) is 0. The molecular formula is C51H91NO5. The topological polar surface area (TPSA) is 95.9 Å². The number of ether oxygens (including phenoxy) is 1. The first kappa shape index (κ1) is 54.6. The van der Waals surface area contributed by atoms with Crippen LogP contribution in [-0.2, 0) is 14.3 Å². The predicted molar refractivity (Wildman–Crippen MR) is 245 cm³/mol. The molecule has 0 saturated heterocycles. The van der Waals surface area contributed by atoms with Crippen LogP contribution in [0.1, 0.15) is 226 Å². The van der Waals surface area contributed by atoms with Gasteiger partial charge in [-0.3, -0.25) is 9.59 Å². The molecule has 6 heteroatoms. The molecule has 3 N–H and O–H groups in total. The number of unbranched alkanes of at least 4 members (excludes halogenated alkanes) is 22. The van der Waals surface area contributed by atoms with E-state index in [9.17, 15) is 19.8 Å². The van der Waals surface area contributed by atoms with Gasteiger partial charge in [0.25, 0.3) is 0 Å². The quantitative estimate of drug-likeness (QED) is 0.0247. The molecule has 330 valence electrons. The van der Waals surface area contributed by atoms with Gasteiger partial charge in [-0.1, -0.05) is 197 Å². The van der Waals surface area contributed by atoms with E-state index in [1.54, 1.807) is 0 Å². The van der Waals surface area contributed by atoms with Gasteiger partial charge in [0.15, 0.2) is 0 Å². The number of nitrogens with one attached hydrogen (secondary N) is 1. The normalized spacial score (nSPS) is 13.8. The summed E-state index contributed by atoms with van der Waals surface area (Å²) in [4.78, 5) is 26.0. The molecule has 0 heterocycles. The number of aliphatic hydroxyl groups is 2. The third-order valence-electron chi connectivity index (χ3n) is 10.6. The molecule has 0 rings (SSSR count). The van der Waals surface area contributed by atoms with E-state index in [0.717, 1.165) is 96.3 Å². The van der Waals surface area contributed by atoms with Crippen molar-refractivity contribution in [2.24, 2.45) is 0 Å². The fourth-order valence-corrected chi connectivity index (χ4v) is 6.99. The Morgan fingerprint density at radius 1 is 0.544 bits per heavy atom. The van der Waals surface area contributed by atoms with Crippen LogP contribution < -0.4 is 5.32 Å². The van der Waals surface area contributed by atoms with Crippen molar-refractivity contribution in [3.8, 4) is 0 Å². The standard InChI is InChI=1S/C51H91NO5/c1-4-7-10-13-16-19-22-24-25-27-28-30-33-36-39-42-47(57-51(56)44-41-38-35-32-29-26-23-20-17-14-11-8-5-2)45-50(55)52-48(46-53)49(54)43-40-37-34-31-21-18-15-12-9-6-3/h8,11,14,16-17,19-20,23-25,47-49,53-54H,4-7,9-10,12-13,15,18,21-22,26-46H2,1-3H3,(H,52,55)/b11-8+,17-14+,19-16-,23-20-,25-24-. The molecule has 1 amide bonds. The largest absolute Gasteiger partial charge is 0.462 e. The molecule has 0 aromatic carbocycles. The summed E-state index contributed by atoms with van der Waals surface area (Å²) in [5, 5.41) is 23.7. The van der Waals surface area contributed by atoms with Gasteiger partial charge >= 0.3 is 5.97 Å². The highest BCUT2D eigenvalue weighted by molar-refractivity contribution is 5.77. The first-order chi connectivity index (χ1) is 28.0. The average molecular weight is 798 g/mol. The monoisotopic (exact) mass is 798 g/mol. The number of hydrogen-bond donors (Lipinski definition) is 3. The molecule has 0 aliphatic rings. The maximum absolute atomic E-state index is 13.2. The van der Waals surface area contributed by atoms with Gasteiger partial charge < -0.3 is 20.3 Å². The minimum Gasteiger partial charge on any atom is -0.462 e. The summed E-state index contributed by atoms with van der Waals surface area (Å²) < 4.78 is 5.90. The maximum atomic E-state index is 13.2. The molecule has 0 saturated carbocycles. The Morgan fingerprint density at radius 2 is 1.02 bits per heavy atom. The Kier molecular flexibility index (Phi) is 42.7. The molecule has 0 aliphatic heterocycles. The first-order valence-corrected chi connectivity index (χ1v) is 24.0. The van der Waals surface area contributed by atoms with E-state index in [1.165, 1.54) is 83.5 Å². The molecule has 0 fully saturated rings. The zero-order valence-corrected chi connectivity index (χ0v) is 37.5. The van der Waals surface area contributed by atoms with Crippen molar-refractivity contribution in [3.63, 3.8) is 0 Å². The van der Waals surface area contributed by atoms with Crippen LogP contribution in [0, 0.1) is 0 Å². The van der Waals surface area contributed by atoms with Crippen molar-refractivity contribution in [3.05, 3.63) is 60.8 Å². The third-order valence-corrected chi connectivity index (χ3v) is 10.6. The molecule has 0 radical (unpaired) electrons.